The van der Waals surface area contributed by atoms with Gasteiger partial charge < -0.3 is 10.2 Å². The van der Waals surface area contributed by atoms with Crippen LogP contribution in [-0.4, -0.2) is 23.3 Å². The fourth-order valence-electron chi connectivity index (χ4n) is 3.25. The number of hydrogen-bond donors (Lipinski definition) is 1. The maximum atomic E-state index is 13.4. The van der Waals surface area contributed by atoms with E-state index in [-0.39, 0.29) is 30.1 Å². The summed E-state index contributed by atoms with van der Waals surface area (Å²) in [6, 6.07) is 10.7. The molecule has 128 valence electrons. The lowest BCUT2D eigenvalue weighted by Crippen LogP contribution is -2.39. The molecule has 1 fully saturated rings. The highest BCUT2D eigenvalue weighted by Crippen LogP contribution is 2.40. The minimum atomic E-state index is -0.485. The molecule has 2 aliphatic rings. The Morgan fingerprint density at radius 3 is 2.56 bits per heavy atom. The predicted octanol–water partition coefficient (Wildman–Crippen LogP) is 3.76. The third kappa shape index (κ3) is 3.12. The summed E-state index contributed by atoms with van der Waals surface area (Å²) in [4.78, 5) is 26.8. The Labute approximate surface area is 149 Å². The van der Waals surface area contributed by atoms with Crippen molar-refractivity contribution in [2.75, 3.05) is 11.9 Å². The van der Waals surface area contributed by atoms with Crippen molar-refractivity contribution in [3.63, 3.8) is 0 Å². The highest BCUT2D eigenvalue weighted by atomic mass is 35.5. The number of nitrogens with one attached hydrogen (secondary N) is 1. The molecule has 2 amide bonds. The van der Waals surface area contributed by atoms with Gasteiger partial charge in [-0.05, 0) is 48.7 Å². The summed E-state index contributed by atoms with van der Waals surface area (Å²) in [5.74, 6) is -0.672. The molecular formula is C19H16ClFN2O2. The molecule has 0 bridgehead atoms. The summed E-state index contributed by atoms with van der Waals surface area (Å²) in [6.07, 6.45) is 1.69. The molecule has 1 aliphatic carbocycles. The van der Waals surface area contributed by atoms with Crippen LogP contribution >= 0.6 is 11.6 Å². The molecule has 2 aromatic rings. The summed E-state index contributed by atoms with van der Waals surface area (Å²) in [5, 5.41) is 3.35. The lowest BCUT2D eigenvalue weighted by atomic mass is 9.95. The van der Waals surface area contributed by atoms with Gasteiger partial charge in [0, 0.05) is 22.2 Å². The molecule has 0 spiro atoms. The Kier molecular flexibility index (Phi) is 3.96. The molecule has 2 aromatic carbocycles. The second-order valence-electron chi connectivity index (χ2n) is 6.47. The van der Waals surface area contributed by atoms with Gasteiger partial charge in [0.25, 0.3) is 0 Å². The van der Waals surface area contributed by atoms with Crippen LogP contribution in [0, 0.1) is 11.7 Å². The van der Waals surface area contributed by atoms with Crippen molar-refractivity contribution in [2.24, 2.45) is 5.92 Å². The van der Waals surface area contributed by atoms with E-state index in [9.17, 15) is 14.0 Å². The van der Waals surface area contributed by atoms with Crippen LogP contribution in [0.15, 0.2) is 42.5 Å². The number of amides is 2. The molecule has 1 saturated carbocycles. The topological polar surface area (TPSA) is 49.4 Å². The van der Waals surface area contributed by atoms with Crippen LogP contribution in [0.4, 0.5) is 10.1 Å². The molecule has 0 radical (unpaired) electrons. The van der Waals surface area contributed by atoms with E-state index in [1.54, 1.807) is 35.2 Å². The van der Waals surface area contributed by atoms with Crippen LogP contribution in [0.3, 0.4) is 0 Å². The zero-order valence-electron chi connectivity index (χ0n) is 13.3. The Morgan fingerprint density at radius 1 is 1.16 bits per heavy atom. The van der Waals surface area contributed by atoms with Crippen LogP contribution in [0.1, 0.15) is 30.0 Å². The summed E-state index contributed by atoms with van der Waals surface area (Å²) < 4.78 is 13.4. The summed E-state index contributed by atoms with van der Waals surface area (Å²) in [5.41, 5.74) is 2.10. The number of rotatable bonds is 2. The molecule has 1 atom stereocenters. The lowest BCUT2D eigenvalue weighted by molar-refractivity contribution is -0.137. The Balaban J connectivity index is 1.88. The Bertz CT molecular complexity index is 849. The van der Waals surface area contributed by atoms with Crippen LogP contribution in [0.5, 0.6) is 0 Å². The minimum Gasteiger partial charge on any atom is -0.324 e. The molecule has 1 heterocycles. The van der Waals surface area contributed by atoms with E-state index in [1.807, 2.05) is 0 Å². The first-order valence-corrected chi connectivity index (χ1v) is 8.56. The molecule has 25 heavy (non-hydrogen) atoms. The van der Waals surface area contributed by atoms with Crippen LogP contribution < -0.4 is 5.32 Å². The fraction of sp³-hybridized carbons (Fsp3) is 0.263. The van der Waals surface area contributed by atoms with Gasteiger partial charge in [-0.3, -0.25) is 9.59 Å². The molecular weight excluding hydrogens is 343 g/mol. The molecule has 0 saturated heterocycles. The molecule has 1 unspecified atom stereocenters. The third-order valence-corrected chi connectivity index (χ3v) is 4.84. The molecule has 1 N–H and O–H groups in total. The summed E-state index contributed by atoms with van der Waals surface area (Å²) in [7, 11) is 0. The predicted molar refractivity (Wildman–Crippen MR) is 92.8 cm³/mol. The smallest absolute Gasteiger partial charge is 0.244 e. The first kappa shape index (κ1) is 16.1. The zero-order valence-corrected chi connectivity index (χ0v) is 14.1. The van der Waals surface area contributed by atoms with Crippen LogP contribution in [-0.2, 0) is 9.59 Å². The van der Waals surface area contributed by atoms with Gasteiger partial charge in [-0.1, -0.05) is 23.7 Å². The molecule has 4 rings (SSSR count). The maximum absolute atomic E-state index is 13.4. The largest absolute Gasteiger partial charge is 0.324 e. The van der Waals surface area contributed by atoms with E-state index >= 15 is 0 Å². The minimum absolute atomic E-state index is 0.0310. The van der Waals surface area contributed by atoms with E-state index in [0.29, 0.717) is 10.7 Å². The number of benzene rings is 2. The number of carbonyl (C=O) groups excluding carboxylic acids is 2. The number of hydrogen-bond acceptors (Lipinski definition) is 2. The second kappa shape index (κ2) is 6.15. The Hall–Kier alpha value is -2.40. The molecule has 1 aliphatic heterocycles. The van der Waals surface area contributed by atoms with Crippen molar-refractivity contribution >= 4 is 29.1 Å². The third-order valence-electron chi connectivity index (χ3n) is 4.60. The van der Waals surface area contributed by atoms with E-state index in [4.69, 9.17) is 11.6 Å². The van der Waals surface area contributed by atoms with Crippen molar-refractivity contribution in [1.82, 2.24) is 4.90 Å². The van der Waals surface area contributed by atoms with Crippen molar-refractivity contribution in [2.45, 2.75) is 18.9 Å². The van der Waals surface area contributed by atoms with Crippen molar-refractivity contribution < 1.29 is 14.0 Å². The van der Waals surface area contributed by atoms with E-state index < -0.39 is 6.04 Å². The number of fused-ring (bicyclic) bond motifs is 1. The average molecular weight is 359 g/mol. The average Bonchev–Trinajstić information content (AvgIpc) is 3.42. The monoisotopic (exact) mass is 358 g/mol. The fourth-order valence-corrected chi connectivity index (χ4v) is 3.43. The van der Waals surface area contributed by atoms with Gasteiger partial charge in [-0.25, -0.2) is 4.39 Å². The summed E-state index contributed by atoms with van der Waals surface area (Å²) in [6.45, 7) is -0.0380. The Morgan fingerprint density at radius 2 is 1.88 bits per heavy atom. The van der Waals surface area contributed by atoms with E-state index in [0.717, 1.165) is 24.0 Å². The van der Waals surface area contributed by atoms with Gasteiger partial charge in [-0.2, -0.15) is 0 Å². The van der Waals surface area contributed by atoms with Gasteiger partial charge in [-0.15, -0.1) is 0 Å². The van der Waals surface area contributed by atoms with Gasteiger partial charge in [0.15, 0.2) is 0 Å². The van der Waals surface area contributed by atoms with Gasteiger partial charge in [0.1, 0.15) is 12.4 Å². The standard InChI is InChI=1S/C19H16ClFN2O2/c20-13-5-8-16-15(9-13)18(11-3-6-14(21)7-4-11)23(10-17(24)22-16)19(25)12-1-2-12/h3-9,12,18H,1-2,10H2,(H,22,24). The quantitative estimate of drug-likeness (QED) is 0.888. The number of halogens is 2. The first-order chi connectivity index (χ1) is 12.0. The molecule has 4 nitrogen and oxygen atoms in total. The summed E-state index contributed by atoms with van der Waals surface area (Å²) >= 11 is 6.17. The van der Waals surface area contributed by atoms with Crippen molar-refractivity contribution in [1.29, 1.82) is 0 Å². The van der Waals surface area contributed by atoms with Gasteiger partial charge >= 0.3 is 0 Å². The van der Waals surface area contributed by atoms with Gasteiger partial charge in [0.05, 0.1) is 6.04 Å². The SMILES string of the molecule is O=C1CN(C(=O)C2CC2)C(c2ccc(F)cc2)c2cc(Cl)ccc2N1. The lowest BCUT2D eigenvalue weighted by Gasteiger charge is -2.30. The zero-order chi connectivity index (χ0) is 17.6. The second-order valence-corrected chi connectivity index (χ2v) is 6.91. The van der Waals surface area contributed by atoms with E-state index in [1.165, 1.54) is 12.1 Å². The van der Waals surface area contributed by atoms with Crippen molar-refractivity contribution in [3.05, 3.63) is 64.4 Å². The highest BCUT2D eigenvalue weighted by molar-refractivity contribution is 6.30. The number of nitrogens with zero attached hydrogens (tertiary/aromatic N) is 1. The molecule has 6 heteroatoms. The number of carbonyl (C=O) groups is 2. The first-order valence-electron chi connectivity index (χ1n) is 8.18. The van der Waals surface area contributed by atoms with Crippen molar-refractivity contribution in [3.8, 4) is 0 Å². The van der Waals surface area contributed by atoms with Crippen LogP contribution in [0.25, 0.3) is 0 Å². The van der Waals surface area contributed by atoms with E-state index in [2.05, 4.69) is 5.32 Å². The van der Waals surface area contributed by atoms with Crippen LogP contribution in [0.2, 0.25) is 5.02 Å². The maximum Gasteiger partial charge on any atom is 0.244 e. The molecule has 0 aromatic heterocycles. The normalized spacial score (nSPS) is 19.8. The number of anilines is 1. The highest BCUT2D eigenvalue weighted by Gasteiger charge is 2.40. The van der Waals surface area contributed by atoms with Gasteiger partial charge in [0.2, 0.25) is 11.8 Å².